The maximum atomic E-state index is 9.79. The third-order valence-corrected chi connectivity index (χ3v) is 2.74. The van der Waals surface area contributed by atoms with Crippen LogP contribution in [-0.4, -0.2) is 18.2 Å². The normalized spacial score (nSPS) is 12.9. The van der Waals surface area contributed by atoms with Crippen molar-refractivity contribution in [2.45, 2.75) is 13.0 Å². The molecule has 1 aromatic carbocycles. The highest BCUT2D eigenvalue weighted by Gasteiger charge is 2.10. The minimum atomic E-state index is -0.556. The molecule has 0 bridgehead atoms. The summed E-state index contributed by atoms with van der Waals surface area (Å²) in [6.45, 7) is 3.35. The fraction of sp³-hybridized carbons (Fsp3) is 0.400. The Hall–Kier alpha value is -0.0900. The highest BCUT2D eigenvalue weighted by atomic mass is 79.9. The molecule has 0 aliphatic carbocycles. The Morgan fingerprint density at radius 3 is 2.93 bits per heavy atom. The molecule has 1 unspecified atom stereocenters. The maximum absolute atomic E-state index is 9.79. The summed E-state index contributed by atoms with van der Waals surface area (Å²) in [7, 11) is 0. The van der Waals surface area contributed by atoms with Crippen molar-refractivity contribution >= 4 is 27.5 Å². The van der Waals surface area contributed by atoms with Crippen molar-refractivity contribution < 1.29 is 5.11 Å². The molecule has 0 radical (unpaired) electrons. The zero-order chi connectivity index (χ0) is 10.6. The number of rotatable bonds is 4. The lowest BCUT2D eigenvalue weighted by molar-refractivity contribution is 0.175. The molecule has 0 aromatic heterocycles. The molecule has 1 aromatic rings. The van der Waals surface area contributed by atoms with Gasteiger partial charge in [-0.05, 0) is 24.7 Å². The lowest BCUT2D eigenvalue weighted by Crippen LogP contribution is -2.21. The van der Waals surface area contributed by atoms with Crippen molar-refractivity contribution in [2.24, 2.45) is 0 Å². The van der Waals surface area contributed by atoms with Crippen LogP contribution >= 0.6 is 27.5 Å². The number of aliphatic hydroxyl groups excluding tert-OH is 1. The van der Waals surface area contributed by atoms with Crippen molar-refractivity contribution in [1.82, 2.24) is 5.32 Å². The summed E-state index contributed by atoms with van der Waals surface area (Å²) in [4.78, 5) is 0. The fourth-order valence-electron chi connectivity index (χ4n) is 1.16. The number of halogens is 2. The average molecular weight is 279 g/mol. The van der Waals surface area contributed by atoms with E-state index in [1.54, 1.807) is 6.07 Å². The van der Waals surface area contributed by atoms with Crippen LogP contribution in [0.15, 0.2) is 22.7 Å². The quantitative estimate of drug-likeness (QED) is 0.887. The highest BCUT2D eigenvalue weighted by Crippen LogP contribution is 2.26. The van der Waals surface area contributed by atoms with Crippen LogP contribution in [0.3, 0.4) is 0 Å². The summed E-state index contributed by atoms with van der Waals surface area (Å²) in [5.74, 6) is 0. The summed E-state index contributed by atoms with van der Waals surface area (Å²) in [6.07, 6.45) is -0.556. The number of nitrogens with one attached hydrogen (secondary N) is 1. The summed E-state index contributed by atoms with van der Waals surface area (Å²) in [5.41, 5.74) is 0.752. The number of hydrogen-bond acceptors (Lipinski definition) is 2. The first-order chi connectivity index (χ1) is 6.65. The molecule has 14 heavy (non-hydrogen) atoms. The van der Waals surface area contributed by atoms with Crippen molar-refractivity contribution in [1.29, 1.82) is 0 Å². The topological polar surface area (TPSA) is 32.3 Å². The van der Waals surface area contributed by atoms with Crippen LogP contribution in [-0.2, 0) is 0 Å². The monoisotopic (exact) mass is 277 g/mol. The van der Waals surface area contributed by atoms with Gasteiger partial charge in [0.25, 0.3) is 0 Å². The van der Waals surface area contributed by atoms with Crippen LogP contribution in [0, 0.1) is 0 Å². The van der Waals surface area contributed by atoms with E-state index in [9.17, 15) is 5.11 Å². The van der Waals surface area contributed by atoms with Crippen molar-refractivity contribution in [3.8, 4) is 0 Å². The summed E-state index contributed by atoms with van der Waals surface area (Å²) >= 11 is 9.30. The largest absolute Gasteiger partial charge is 0.387 e. The van der Waals surface area contributed by atoms with Crippen molar-refractivity contribution in [2.75, 3.05) is 13.1 Å². The van der Waals surface area contributed by atoms with Gasteiger partial charge in [0.1, 0.15) is 0 Å². The number of benzene rings is 1. The van der Waals surface area contributed by atoms with E-state index in [1.165, 1.54) is 0 Å². The minimum Gasteiger partial charge on any atom is -0.387 e. The second-order valence-corrected chi connectivity index (χ2v) is 4.31. The van der Waals surface area contributed by atoms with Crippen molar-refractivity contribution in [3.05, 3.63) is 33.3 Å². The second kappa shape index (κ2) is 5.71. The maximum Gasteiger partial charge on any atom is 0.0929 e. The van der Waals surface area contributed by atoms with Gasteiger partial charge in [-0.1, -0.05) is 34.5 Å². The summed E-state index contributed by atoms with van der Waals surface area (Å²) < 4.78 is 0.924. The standard InChI is InChI=1S/C10H13BrClNO/c1-2-13-6-10(14)8-5-7(11)3-4-9(8)12/h3-5,10,13-14H,2,6H2,1H3. The number of aliphatic hydroxyl groups is 1. The first-order valence-electron chi connectivity index (χ1n) is 4.49. The van der Waals surface area contributed by atoms with E-state index in [1.807, 2.05) is 19.1 Å². The molecular formula is C10H13BrClNO. The Kier molecular flexibility index (Phi) is 4.89. The van der Waals surface area contributed by atoms with Gasteiger partial charge in [-0.3, -0.25) is 0 Å². The SMILES string of the molecule is CCNCC(O)c1cc(Br)ccc1Cl. The average Bonchev–Trinajstić information content (AvgIpc) is 2.18. The first-order valence-corrected chi connectivity index (χ1v) is 5.66. The number of likely N-dealkylation sites (N-methyl/N-ethyl adjacent to an activating group) is 1. The third-order valence-electron chi connectivity index (χ3n) is 1.90. The van der Waals surface area contributed by atoms with E-state index in [2.05, 4.69) is 21.2 Å². The molecule has 1 rings (SSSR count). The molecule has 0 amide bonds. The van der Waals surface area contributed by atoms with Crippen LogP contribution in [0.1, 0.15) is 18.6 Å². The van der Waals surface area contributed by atoms with E-state index < -0.39 is 6.10 Å². The minimum absolute atomic E-state index is 0.521. The second-order valence-electron chi connectivity index (χ2n) is 2.99. The van der Waals surface area contributed by atoms with E-state index >= 15 is 0 Å². The van der Waals surface area contributed by atoms with E-state index in [0.717, 1.165) is 16.6 Å². The zero-order valence-corrected chi connectivity index (χ0v) is 10.3. The predicted molar refractivity (Wildman–Crippen MR) is 62.7 cm³/mol. The first kappa shape index (κ1) is 12.0. The molecule has 4 heteroatoms. The molecular weight excluding hydrogens is 265 g/mol. The fourth-order valence-corrected chi connectivity index (χ4v) is 1.78. The van der Waals surface area contributed by atoms with E-state index in [4.69, 9.17) is 11.6 Å². The van der Waals surface area contributed by atoms with E-state index in [0.29, 0.717) is 11.6 Å². The molecule has 0 saturated carbocycles. The van der Waals surface area contributed by atoms with Gasteiger partial charge in [-0.25, -0.2) is 0 Å². The Morgan fingerprint density at radius 2 is 2.29 bits per heavy atom. The van der Waals surface area contributed by atoms with Gasteiger partial charge in [0.2, 0.25) is 0 Å². The summed E-state index contributed by atoms with van der Waals surface area (Å²) in [6, 6.07) is 5.46. The Labute approximate surface area is 97.4 Å². The van der Waals surface area contributed by atoms with Gasteiger partial charge < -0.3 is 10.4 Å². The predicted octanol–water partition coefficient (Wildman–Crippen LogP) is 2.75. The lowest BCUT2D eigenvalue weighted by Gasteiger charge is -2.13. The molecule has 0 saturated heterocycles. The Balaban J connectivity index is 2.77. The molecule has 0 aliphatic heterocycles. The van der Waals surface area contributed by atoms with Gasteiger partial charge in [-0.15, -0.1) is 0 Å². The molecule has 2 N–H and O–H groups in total. The highest BCUT2D eigenvalue weighted by molar-refractivity contribution is 9.10. The Bertz CT molecular complexity index is 306. The van der Waals surface area contributed by atoms with Crippen LogP contribution in [0.2, 0.25) is 5.02 Å². The smallest absolute Gasteiger partial charge is 0.0929 e. The van der Waals surface area contributed by atoms with Crippen LogP contribution in [0.5, 0.6) is 0 Å². The molecule has 1 atom stereocenters. The molecule has 0 aliphatic rings. The van der Waals surface area contributed by atoms with Gasteiger partial charge in [-0.2, -0.15) is 0 Å². The lowest BCUT2D eigenvalue weighted by atomic mass is 10.1. The Morgan fingerprint density at radius 1 is 1.57 bits per heavy atom. The third kappa shape index (κ3) is 3.24. The van der Waals surface area contributed by atoms with Crippen LogP contribution in [0.4, 0.5) is 0 Å². The zero-order valence-electron chi connectivity index (χ0n) is 7.93. The molecule has 0 fully saturated rings. The van der Waals surface area contributed by atoms with E-state index in [-0.39, 0.29) is 0 Å². The van der Waals surface area contributed by atoms with Gasteiger partial charge in [0, 0.05) is 21.6 Å². The van der Waals surface area contributed by atoms with Gasteiger partial charge >= 0.3 is 0 Å². The molecule has 0 heterocycles. The molecule has 78 valence electrons. The number of hydrogen-bond donors (Lipinski definition) is 2. The van der Waals surface area contributed by atoms with Crippen LogP contribution < -0.4 is 5.32 Å². The molecule has 2 nitrogen and oxygen atoms in total. The molecule has 0 spiro atoms. The van der Waals surface area contributed by atoms with Crippen molar-refractivity contribution in [3.63, 3.8) is 0 Å². The summed E-state index contributed by atoms with van der Waals surface area (Å²) in [5, 5.41) is 13.5. The van der Waals surface area contributed by atoms with Gasteiger partial charge in [0.05, 0.1) is 6.10 Å². The van der Waals surface area contributed by atoms with Crippen LogP contribution in [0.25, 0.3) is 0 Å². The van der Waals surface area contributed by atoms with Gasteiger partial charge in [0.15, 0.2) is 0 Å².